The van der Waals surface area contributed by atoms with Gasteiger partial charge in [0.25, 0.3) is 5.91 Å². The minimum absolute atomic E-state index is 0.181. The van der Waals surface area contributed by atoms with E-state index in [-0.39, 0.29) is 30.9 Å². The molecule has 0 radical (unpaired) electrons. The third-order valence-electron chi connectivity index (χ3n) is 8.94. The lowest BCUT2D eigenvalue weighted by molar-refractivity contribution is -0.153. The second-order valence-electron chi connectivity index (χ2n) is 10.8. The van der Waals surface area contributed by atoms with Crippen LogP contribution in [0.5, 0.6) is 5.75 Å². The molecule has 3 saturated heterocycles. The van der Waals surface area contributed by atoms with Crippen molar-refractivity contribution in [3.63, 3.8) is 0 Å². The standard InChI is InChI=1S/C30H41N3O6/c1-7-17-31(5)26(35)23-24-27(36)33(20(9-3)19-34)25(30(24)16-15-29(23,10-4)39-30)28(37)32(18-8-2)21-11-13-22(38-6)14-12-21/h7-8,11-14,20,23-25,34H,1-2,9-10,15-19H2,3-6H3/t20-,23+,24-,25?,29-,30?/m0/s1. The van der Waals surface area contributed by atoms with E-state index in [2.05, 4.69) is 13.2 Å². The number of carbonyl (C=O) groups is 3. The number of amides is 3. The summed E-state index contributed by atoms with van der Waals surface area (Å²) in [5.41, 5.74) is -1.38. The summed E-state index contributed by atoms with van der Waals surface area (Å²) in [6.07, 6.45) is 5.33. The summed E-state index contributed by atoms with van der Waals surface area (Å²) >= 11 is 0. The molecule has 1 N–H and O–H groups in total. The quantitative estimate of drug-likeness (QED) is 0.410. The van der Waals surface area contributed by atoms with Crippen LogP contribution in [0.25, 0.3) is 0 Å². The summed E-state index contributed by atoms with van der Waals surface area (Å²) < 4.78 is 12.1. The van der Waals surface area contributed by atoms with Gasteiger partial charge in [-0.05, 0) is 49.9 Å². The Morgan fingerprint density at radius 3 is 2.38 bits per heavy atom. The molecule has 3 amide bonds. The number of rotatable bonds is 12. The first-order chi connectivity index (χ1) is 18.7. The fourth-order valence-electron chi connectivity index (χ4n) is 7.00. The number of hydrogen-bond acceptors (Lipinski definition) is 6. The average molecular weight is 540 g/mol. The van der Waals surface area contributed by atoms with E-state index in [0.29, 0.717) is 43.7 Å². The largest absolute Gasteiger partial charge is 0.497 e. The Hall–Kier alpha value is -3.17. The predicted molar refractivity (Wildman–Crippen MR) is 148 cm³/mol. The fourth-order valence-corrected chi connectivity index (χ4v) is 7.00. The summed E-state index contributed by atoms with van der Waals surface area (Å²) in [5, 5.41) is 10.3. The van der Waals surface area contributed by atoms with Crippen LogP contribution in [0.4, 0.5) is 5.69 Å². The first-order valence-electron chi connectivity index (χ1n) is 13.8. The van der Waals surface area contributed by atoms with Gasteiger partial charge in [-0.15, -0.1) is 13.2 Å². The number of likely N-dealkylation sites (N-methyl/N-ethyl adjacent to an activating group) is 1. The lowest BCUT2D eigenvalue weighted by Crippen LogP contribution is -2.59. The molecule has 2 bridgehead atoms. The monoisotopic (exact) mass is 539 g/mol. The molecule has 1 aromatic rings. The molecule has 0 aliphatic carbocycles. The van der Waals surface area contributed by atoms with Crippen molar-refractivity contribution in [3.8, 4) is 5.75 Å². The van der Waals surface area contributed by atoms with Gasteiger partial charge in [-0.2, -0.15) is 0 Å². The third kappa shape index (κ3) is 4.36. The van der Waals surface area contributed by atoms with E-state index in [1.807, 2.05) is 13.8 Å². The number of aliphatic hydroxyl groups is 1. The van der Waals surface area contributed by atoms with E-state index in [9.17, 15) is 19.5 Å². The van der Waals surface area contributed by atoms with Gasteiger partial charge in [0.2, 0.25) is 11.8 Å². The highest BCUT2D eigenvalue weighted by molar-refractivity contribution is 6.05. The number of ether oxygens (including phenoxy) is 2. The summed E-state index contributed by atoms with van der Waals surface area (Å²) in [7, 11) is 3.27. The van der Waals surface area contributed by atoms with Gasteiger partial charge in [0.15, 0.2) is 0 Å². The fraction of sp³-hybridized carbons (Fsp3) is 0.567. The zero-order valence-electron chi connectivity index (χ0n) is 23.5. The Balaban J connectivity index is 1.85. The number of methoxy groups -OCH3 is 1. The lowest BCUT2D eigenvalue weighted by Gasteiger charge is -2.39. The van der Waals surface area contributed by atoms with Gasteiger partial charge in [-0.3, -0.25) is 14.4 Å². The van der Waals surface area contributed by atoms with Gasteiger partial charge < -0.3 is 29.3 Å². The van der Waals surface area contributed by atoms with Gasteiger partial charge in [-0.25, -0.2) is 0 Å². The first kappa shape index (κ1) is 28.8. The van der Waals surface area contributed by atoms with E-state index in [4.69, 9.17) is 9.47 Å². The van der Waals surface area contributed by atoms with Gasteiger partial charge >= 0.3 is 0 Å². The van der Waals surface area contributed by atoms with Crippen LogP contribution >= 0.6 is 0 Å². The van der Waals surface area contributed by atoms with E-state index < -0.39 is 35.1 Å². The Bertz CT molecular complexity index is 1120. The highest BCUT2D eigenvalue weighted by Crippen LogP contribution is 2.65. The van der Waals surface area contributed by atoms with Crippen LogP contribution in [0.3, 0.4) is 0 Å². The van der Waals surface area contributed by atoms with Crippen LogP contribution in [0.1, 0.15) is 39.5 Å². The number of nitrogens with zero attached hydrogens (tertiary/aromatic N) is 3. The second kappa shape index (κ2) is 11.1. The molecular weight excluding hydrogens is 498 g/mol. The minimum atomic E-state index is -1.17. The third-order valence-corrected chi connectivity index (χ3v) is 8.94. The highest BCUT2D eigenvalue weighted by Gasteiger charge is 2.79. The zero-order valence-corrected chi connectivity index (χ0v) is 23.5. The average Bonchev–Trinajstić information content (AvgIpc) is 3.56. The van der Waals surface area contributed by atoms with Crippen LogP contribution in [0.15, 0.2) is 49.6 Å². The van der Waals surface area contributed by atoms with Crippen LogP contribution < -0.4 is 9.64 Å². The molecule has 4 rings (SSSR count). The molecule has 2 unspecified atom stereocenters. The summed E-state index contributed by atoms with van der Waals surface area (Å²) in [5.74, 6) is -1.69. The van der Waals surface area contributed by atoms with Crippen LogP contribution in [-0.4, -0.2) is 89.8 Å². The van der Waals surface area contributed by atoms with Crippen molar-refractivity contribution in [1.82, 2.24) is 9.80 Å². The Kier molecular flexibility index (Phi) is 8.23. The van der Waals surface area contributed by atoms with Crippen molar-refractivity contribution in [2.75, 3.05) is 38.8 Å². The van der Waals surface area contributed by atoms with E-state index in [1.165, 1.54) is 4.90 Å². The van der Waals surface area contributed by atoms with Crippen molar-refractivity contribution in [2.24, 2.45) is 11.8 Å². The summed E-state index contributed by atoms with van der Waals surface area (Å²) in [4.78, 5) is 47.5. The highest BCUT2D eigenvalue weighted by atomic mass is 16.5. The maximum Gasteiger partial charge on any atom is 0.253 e. The first-order valence-corrected chi connectivity index (χ1v) is 13.8. The second-order valence-corrected chi connectivity index (χ2v) is 10.8. The number of aliphatic hydroxyl groups excluding tert-OH is 1. The van der Waals surface area contributed by atoms with Crippen molar-refractivity contribution >= 4 is 23.4 Å². The van der Waals surface area contributed by atoms with Crippen molar-refractivity contribution < 1.29 is 29.0 Å². The van der Waals surface area contributed by atoms with Crippen molar-refractivity contribution in [2.45, 2.75) is 62.8 Å². The summed E-state index contributed by atoms with van der Waals surface area (Å²) in [6.45, 7) is 11.7. The molecule has 1 spiro atoms. The van der Waals surface area contributed by atoms with Gasteiger partial charge in [0.1, 0.15) is 17.4 Å². The molecule has 3 fully saturated rings. The Morgan fingerprint density at radius 1 is 1.18 bits per heavy atom. The van der Waals surface area contributed by atoms with Crippen molar-refractivity contribution in [1.29, 1.82) is 0 Å². The number of hydrogen-bond donors (Lipinski definition) is 1. The number of benzene rings is 1. The van der Waals surface area contributed by atoms with Gasteiger partial charge in [0, 0.05) is 25.8 Å². The predicted octanol–water partition coefficient (Wildman–Crippen LogP) is 2.78. The van der Waals surface area contributed by atoms with Gasteiger partial charge in [0.05, 0.1) is 37.2 Å². The van der Waals surface area contributed by atoms with Crippen molar-refractivity contribution in [3.05, 3.63) is 49.6 Å². The molecule has 0 aromatic heterocycles. The molecule has 0 saturated carbocycles. The smallest absolute Gasteiger partial charge is 0.253 e. The molecule has 9 heteroatoms. The zero-order chi connectivity index (χ0) is 28.5. The van der Waals surface area contributed by atoms with E-state index >= 15 is 0 Å². The maximum atomic E-state index is 14.6. The number of likely N-dealkylation sites (tertiary alicyclic amines) is 1. The molecule has 1 aromatic carbocycles. The van der Waals surface area contributed by atoms with E-state index in [1.54, 1.807) is 60.4 Å². The van der Waals surface area contributed by atoms with Crippen LogP contribution in [-0.2, 0) is 19.1 Å². The SMILES string of the molecule is C=CCN(C)C(=O)[C@H]1[C@H]2C(=O)N([C@@H](CC)CO)C(C(=O)N(CC=C)c3ccc(OC)cc3)C23CC[C@]1(CC)O3. The molecule has 3 heterocycles. The van der Waals surface area contributed by atoms with Crippen LogP contribution in [0, 0.1) is 11.8 Å². The van der Waals surface area contributed by atoms with Crippen LogP contribution in [0.2, 0.25) is 0 Å². The lowest BCUT2D eigenvalue weighted by atomic mass is 9.64. The normalized spacial score (nSPS) is 29.6. The number of fused-ring (bicyclic) bond motifs is 1. The maximum absolute atomic E-state index is 14.6. The molecule has 6 atom stereocenters. The molecule has 39 heavy (non-hydrogen) atoms. The number of anilines is 1. The molecule has 212 valence electrons. The Morgan fingerprint density at radius 2 is 1.85 bits per heavy atom. The molecule has 9 nitrogen and oxygen atoms in total. The molecule has 3 aliphatic heterocycles. The molecular formula is C30H41N3O6. The minimum Gasteiger partial charge on any atom is -0.497 e. The molecule has 3 aliphatic rings. The van der Waals surface area contributed by atoms with Gasteiger partial charge in [-0.1, -0.05) is 26.0 Å². The number of carbonyl (C=O) groups excluding carboxylic acids is 3. The topological polar surface area (TPSA) is 99.6 Å². The summed E-state index contributed by atoms with van der Waals surface area (Å²) in [6, 6.07) is 5.54. The van der Waals surface area contributed by atoms with E-state index in [0.717, 1.165) is 0 Å². The Labute approximate surface area is 231 Å².